The van der Waals surface area contributed by atoms with Crippen LogP contribution in [-0.4, -0.2) is 39.0 Å². The molecule has 0 aliphatic carbocycles. The van der Waals surface area contributed by atoms with Gasteiger partial charge in [0.25, 0.3) is 0 Å². The number of carbonyl (C=O) groups is 2. The van der Waals surface area contributed by atoms with Gasteiger partial charge < -0.3 is 14.6 Å². The number of aryl methyl sites for hydroxylation is 1. The van der Waals surface area contributed by atoms with Crippen LogP contribution in [0, 0.1) is 6.92 Å². The lowest BCUT2D eigenvalue weighted by Crippen LogP contribution is -2.36. The number of thiazole rings is 1. The first kappa shape index (κ1) is 15.8. The highest BCUT2D eigenvalue weighted by atomic mass is 32.1. The molecule has 1 aromatic heterocycles. The smallest absolute Gasteiger partial charge is 0.307 e. The molecule has 7 heteroatoms. The summed E-state index contributed by atoms with van der Waals surface area (Å²) in [5.41, 5.74) is 0.919. The van der Waals surface area contributed by atoms with Crippen molar-refractivity contribution in [1.82, 2.24) is 9.47 Å². The van der Waals surface area contributed by atoms with Gasteiger partial charge in [0.1, 0.15) is 0 Å². The Hall–Kier alpha value is -1.63. The van der Waals surface area contributed by atoms with E-state index in [0.717, 1.165) is 18.5 Å². The minimum Gasteiger partial charge on any atom is -0.481 e. The van der Waals surface area contributed by atoms with Gasteiger partial charge in [0.15, 0.2) is 0 Å². The molecule has 1 N–H and O–H groups in total. The molecule has 1 saturated heterocycles. The number of amides is 1. The molecule has 1 unspecified atom stereocenters. The van der Waals surface area contributed by atoms with Crippen LogP contribution in [0.3, 0.4) is 0 Å². The van der Waals surface area contributed by atoms with Gasteiger partial charge >= 0.3 is 10.8 Å². The van der Waals surface area contributed by atoms with Crippen molar-refractivity contribution in [1.29, 1.82) is 0 Å². The second kappa shape index (κ2) is 6.89. The van der Waals surface area contributed by atoms with Crippen molar-refractivity contribution in [2.45, 2.75) is 51.6 Å². The summed E-state index contributed by atoms with van der Waals surface area (Å²) in [6, 6.07) is -0.166. The number of carboxylic acids is 1. The van der Waals surface area contributed by atoms with Crippen molar-refractivity contribution in [2.24, 2.45) is 0 Å². The number of carbonyl (C=O) groups excluding carboxylic acids is 1. The van der Waals surface area contributed by atoms with Crippen LogP contribution < -0.4 is 4.87 Å². The summed E-state index contributed by atoms with van der Waals surface area (Å²) in [5, 5.41) is 10.7. The van der Waals surface area contributed by atoms with Gasteiger partial charge in [-0.3, -0.25) is 14.4 Å². The first-order valence-corrected chi connectivity index (χ1v) is 8.03. The number of hydrogen-bond acceptors (Lipinski definition) is 4. The first-order valence-electron chi connectivity index (χ1n) is 7.15. The molecule has 0 radical (unpaired) electrons. The van der Waals surface area contributed by atoms with Crippen molar-refractivity contribution in [3.8, 4) is 0 Å². The average Bonchev–Trinajstić information content (AvgIpc) is 2.99. The fourth-order valence-electron chi connectivity index (χ4n) is 2.78. The Morgan fingerprint density at radius 2 is 2.24 bits per heavy atom. The van der Waals surface area contributed by atoms with E-state index in [1.807, 2.05) is 12.3 Å². The van der Waals surface area contributed by atoms with Gasteiger partial charge in [-0.15, -0.1) is 0 Å². The molecule has 6 nitrogen and oxygen atoms in total. The van der Waals surface area contributed by atoms with Crippen LogP contribution in [0.15, 0.2) is 10.2 Å². The number of likely N-dealkylation sites (tertiary alicyclic amines) is 1. The number of carboxylic acid groups (broad SMARTS) is 1. The lowest BCUT2D eigenvalue weighted by Gasteiger charge is -2.23. The summed E-state index contributed by atoms with van der Waals surface area (Å²) in [5.74, 6) is -0.861. The van der Waals surface area contributed by atoms with Gasteiger partial charge in [0, 0.05) is 36.6 Å². The van der Waals surface area contributed by atoms with Crippen molar-refractivity contribution >= 4 is 23.2 Å². The van der Waals surface area contributed by atoms with Crippen molar-refractivity contribution in [2.75, 3.05) is 6.54 Å². The standard InChI is InChI=1S/C14H20N2O4S/c1-10-9-21-14(20)15(10)6-3-5-12(17)16-7-2-4-11(16)8-13(18)19/h9,11H,2-8H2,1H3,(H,18,19). The monoisotopic (exact) mass is 312 g/mol. The summed E-state index contributed by atoms with van der Waals surface area (Å²) >= 11 is 1.17. The van der Waals surface area contributed by atoms with E-state index in [1.165, 1.54) is 11.3 Å². The number of nitrogens with zero attached hydrogens (tertiary/aromatic N) is 2. The first-order chi connectivity index (χ1) is 9.99. The summed E-state index contributed by atoms with van der Waals surface area (Å²) in [6.45, 7) is 3.06. The van der Waals surface area contributed by atoms with E-state index in [9.17, 15) is 14.4 Å². The molecule has 21 heavy (non-hydrogen) atoms. The lowest BCUT2D eigenvalue weighted by molar-refractivity contribution is -0.139. The molecule has 1 aliphatic heterocycles. The fraction of sp³-hybridized carbons (Fsp3) is 0.643. The third-order valence-electron chi connectivity index (χ3n) is 3.86. The highest BCUT2D eigenvalue weighted by Gasteiger charge is 2.29. The Balaban J connectivity index is 1.84. The van der Waals surface area contributed by atoms with Crippen molar-refractivity contribution in [3.05, 3.63) is 20.7 Å². The Morgan fingerprint density at radius 3 is 2.86 bits per heavy atom. The molecular formula is C14H20N2O4S. The molecule has 1 atom stereocenters. The average molecular weight is 312 g/mol. The van der Waals surface area contributed by atoms with Crippen molar-refractivity contribution < 1.29 is 14.7 Å². The quantitative estimate of drug-likeness (QED) is 0.862. The van der Waals surface area contributed by atoms with Gasteiger partial charge in [0.2, 0.25) is 5.91 Å². The molecule has 1 fully saturated rings. The molecule has 2 heterocycles. The predicted molar refractivity (Wildman–Crippen MR) is 79.5 cm³/mol. The summed E-state index contributed by atoms with van der Waals surface area (Å²) in [6.07, 6.45) is 2.62. The van der Waals surface area contributed by atoms with Gasteiger partial charge in [-0.25, -0.2) is 0 Å². The minimum absolute atomic E-state index is 0.000295. The fourth-order valence-corrected chi connectivity index (χ4v) is 3.55. The van der Waals surface area contributed by atoms with Gasteiger partial charge in [-0.2, -0.15) is 0 Å². The predicted octanol–water partition coefficient (Wildman–Crippen LogP) is 1.46. The molecular weight excluding hydrogens is 292 g/mol. The Bertz CT molecular complexity index is 578. The third kappa shape index (κ3) is 3.93. The van der Waals surface area contributed by atoms with Crippen LogP contribution in [0.1, 0.15) is 37.8 Å². The third-order valence-corrected chi connectivity index (χ3v) is 4.74. The molecule has 1 amide bonds. The molecule has 0 bridgehead atoms. The second-order valence-corrected chi connectivity index (χ2v) is 6.20. The Morgan fingerprint density at radius 1 is 1.48 bits per heavy atom. The number of rotatable bonds is 6. The number of aliphatic carboxylic acids is 1. The van der Waals surface area contributed by atoms with Gasteiger partial charge in [-0.05, 0) is 26.2 Å². The van der Waals surface area contributed by atoms with Crippen LogP contribution in [0.5, 0.6) is 0 Å². The molecule has 2 rings (SSSR count). The van der Waals surface area contributed by atoms with Crippen LogP contribution in [0.4, 0.5) is 0 Å². The Labute approximate surface area is 127 Å². The lowest BCUT2D eigenvalue weighted by atomic mass is 10.1. The van der Waals surface area contributed by atoms with E-state index in [4.69, 9.17) is 5.11 Å². The summed E-state index contributed by atoms with van der Waals surface area (Å²) in [7, 11) is 0. The normalized spacial score (nSPS) is 18.1. The van der Waals surface area contributed by atoms with Gasteiger partial charge in [0.05, 0.1) is 6.42 Å². The van der Waals surface area contributed by atoms with Gasteiger partial charge in [-0.1, -0.05) is 11.3 Å². The zero-order chi connectivity index (χ0) is 15.4. The molecule has 0 saturated carbocycles. The SMILES string of the molecule is Cc1csc(=O)n1CCCC(=O)N1CCCC1CC(=O)O. The molecule has 0 aromatic carbocycles. The topological polar surface area (TPSA) is 79.6 Å². The maximum Gasteiger partial charge on any atom is 0.307 e. The second-order valence-electron chi connectivity index (χ2n) is 5.38. The van der Waals surface area contributed by atoms with E-state index in [1.54, 1.807) is 9.47 Å². The van der Waals surface area contributed by atoms with Crippen LogP contribution in [-0.2, 0) is 16.1 Å². The van der Waals surface area contributed by atoms with E-state index >= 15 is 0 Å². The number of hydrogen-bond donors (Lipinski definition) is 1. The van der Waals surface area contributed by atoms with E-state index in [-0.39, 0.29) is 23.2 Å². The zero-order valence-corrected chi connectivity index (χ0v) is 12.9. The molecule has 1 aromatic rings. The highest BCUT2D eigenvalue weighted by molar-refractivity contribution is 7.07. The molecule has 0 spiro atoms. The maximum atomic E-state index is 12.2. The zero-order valence-electron chi connectivity index (χ0n) is 12.1. The summed E-state index contributed by atoms with van der Waals surface area (Å²) < 4.78 is 1.68. The maximum absolute atomic E-state index is 12.2. The van der Waals surface area contributed by atoms with E-state index in [0.29, 0.717) is 25.9 Å². The van der Waals surface area contributed by atoms with E-state index in [2.05, 4.69) is 0 Å². The minimum atomic E-state index is -0.861. The molecule has 116 valence electrons. The number of aromatic nitrogens is 1. The van der Waals surface area contributed by atoms with Crippen LogP contribution >= 0.6 is 11.3 Å². The Kier molecular flexibility index (Phi) is 5.17. The van der Waals surface area contributed by atoms with Crippen LogP contribution in [0.25, 0.3) is 0 Å². The van der Waals surface area contributed by atoms with Crippen molar-refractivity contribution in [3.63, 3.8) is 0 Å². The highest BCUT2D eigenvalue weighted by Crippen LogP contribution is 2.21. The van der Waals surface area contributed by atoms with E-state index < -0.39 is 5.97 Å². The molecule has 1 aliphatic rings. The summed E-state index contributed by atoms with van der Waals surface area (Å²) in [4.78, 5) is 36.2. The van der Waals surface area contributed by atoms with Crippen LogP contribution in [0.2, 0.25) is 0 Å². The largest absolute Gasteiger partial charge is 0.481 e.